The van der Waals surface area contributed by atoms with Crippen LogP contribution in [0.25, 0.3) is 0 Å². The van der Waals surface area contributed by atoms with Crippen LogP contribution in [-0.4, -0.2) is 50.0 Å². The molecule has 0 spiro atoms. The lowest BCUT2D eigenvalue weighted by Gasteiger charge is -2.33. The highest BCUT2D eigenvalue weighted by molar-refractivity contribution is 7.92. The molecule has 2 aromatic rings. The van der Waals surface area contributed by atoms with Crippen molar-refractivity contribution in [2.24, 2.45) is 0 Å². The Kier molecular flexibility index (Phi) is 8.77. The van der Waals surface area contributed by atoms with E-state index in [1.165, 1.54) is 23.1 Å². The minimum absolute atomic E-state index is 0.0418. The molecule has 9 heteroatoms. The summed E-state index contributed by atoms with van der Waals surface area (Å²) in [4.78, 5) is 27.6. The number of hydrogen-bond acceptors (Lipinski definition) is 4. The number of benzene rings is 2. The number of hydrogen-bond donors (Lipinski definition) is 1. The zero-order chi connectivity index (χ0) is 23.9. The molecule has 2 amide bonds. The minimum atomic E-state index is -3.89. The Bertz CT molecular complexity index is 1030. The van der Waals surface area contributed by atoms with Gasteiger partial charge in [-0.25, -0.2) is 12.8 Å². The normalized spacial score (nSPS) is 12.3. The second-order valence-corrected chi connectivity index (χ2v) is 9.75. The Morgan fingerprint density at radius 3 is 2.25 bits per heavy atom. The van der Waals surface area contributed by atoms with Crippen molar-refractivity contribution in [3.63, 3.8) is 0 Å². The number of sulfonamides is 1. The first-order valence-corrected chi connectivity index (χ1v) is 12.2. The molecule has 0 saturated carbocycles. The summed E-state index contributed by atoms with van der Waals surface area (Å²) < 4.78 is 39.5. The van der Waals surface area contributed by atoms with Gasteiger partial charge in [-0.2, -0.15) is 0 Å². The summed E-state index contributed by atoms with van der Waals surface area (Å²) in [5.74, 6) is -1.50. The van der Waals surface area contributed by atoms with E-state index < -0.39 is 34.3 Å². The summed E-state index contributed by atoms with van der Waals surface area (Å²) in [6, 6.07) is 13.3. The van der Waals surface area contributed by atoms with Crippen LogP contribution in [0.5, 0.6) is 0 Å². The monoisotopic (exact) mass is 463 g/mol. The summed E-state index contributed by atoms with van der Waals surface area (Å²) in [5, 5.41) is 2.82. The van der Waals surface area contributed by atoms with E-state index in [0.717, 1.165) is 22.2 Å². The Hall–Kier alpha value is -2.94. The van der Waals surface area contributed by atoms with Gasteiger partial charge in [0.15, 0.2) is 0 Å². The van der Waals surface area contributed by atoms with E-state index in [9.17, 15) is 22.4 Å². The van der Waals surface area contributed by atoms with Crippen LogP contribution < -0.4 is 9.62 Å². The van der Waals surface area contributed by atoms with Gasteiger partial charge in [0.25, 0.3) is 0 Å². The average molecular weight is 464 g/mol. The van der Waals surface area contributed by atoms with Gasteiger partial charge >= 0.3 is 0 Å². The van der Waals surface area contributed by atoms with Crippen LogP contribution >= 0.6 is 0 Å². The molecule has 2 aromatic carbocycles. The third-order valence-corrected chi connectivity index (χ3v) is 5.93. The lowest BCUT2D eigenvalue weighted by atomic mass is 10.1. The zero-order valence-electron chi connectivity index (χ0n) is 18.8. The molecule has 32 heavy (non-hydrogen) atoms. The molecule has 7 nitrogen and oxygen atoms in total. The van der Waals surface area contributed by atoms with Crippen molar-refractivity contribution in [2.75, 3.05) is 17.1 Å². The number of nitrogens with one attached hydrogen (secondary N) is 1. The number of nitrogens with zero attached hydrogens (tertiary/aromatic N) is 2. The van der Waals surface area contributed by atoms with Crippen LogP contribution in [-0.2, 0) is 26.2 Å². The molecule has 1 atom stereocenters. The van der Waals surface area contributed by atoms with E-state index in [-0.39, 0.29) is 24.2 Å². The van der Waals surface area contributed by atoms with Gasteiger partial charge in [0.05, 0.1) is 11.9 Å². The van der Waals surface area contributed by atoms with Crippen LogP contribution in [0, 0.1) is 5.82 Å². The van der Waals surface area contributed by atoms with E-state index in [2.05, 4.69) is 5.32 Å². The summed E-state index contributed by atoms with van der Waals surface area (Å²) >= 11 is 0. The largest absolute Gasteiger partial charge is 0.352 e. The van der Waals surface area contributed by atoms with Crippen molar-refractivity contribution in [1.29, 1.82) is 0 Å². The van der Waals surface area contributed by atoms with Crippen molar-refractivity contribution in [3.8, 4) is 0 Å². The average Bonchev–Trinajstić information content (AvgIpc) is 2.71. The van der Waals surface area contributed by atoms with Crippen LogP contribution in [0.15, 0.2) is 54.6 Å². The number of amides is 2. The second kappa shape index (κ2) is 11.1. The molecule has 0 bridgehead atoms. The topological polar surface area (TPSA) is 86.8 Å². The highest BCUT2D eigenvalue weighted by Gasteiger charge is 2.32. The van der Waals surface area contributed by atoms with Gasteiger partial charge in [-0.1, -0.05) is 43.3 Å². The second-order valence-electron chi connectivity index (χ2n) is 7.84. The molecule has 0 heterocycles. The molecule has 0 radical (unpaired) electrons. The maximum atomic E-state index is 13.7. The number of carbonyl (C=O) groups is 2. The lowest BCUT2D eigenvalue weighted by Crippen LogP contribution is -2.53. The van der Waals surface area contributed by atoms with Gasteiger partial charge in [0.2, 0.25) is 21.8 Å². The predicted octanol–water partition coefficient (Wildman–Crippen LogP) is 2.92. The summed E-state index contributed by atoms with van der Waals surface area (Å²) in [6.45, 7) is 5.01. The van der Waals surface area contributed by atoms with Crippen LogP contribution in [0.2, 0.25) is 0 Å². The summed E-state index contributed by atoms with van der Waals surface area (Å²) in [7, 11) is -3.89. The molecule has 0 aliphatic rings. The highest BCUT2D eigenvalue weighted by atomic mass is 32.2. The lowest BCUT2D eigenvalue weighted by molar-refractivity contribution is -0.140. The fourth-order valence-electron chi connectivity index (χ4n) is 3.33. The molecule has 1 N–H and O–H groups in total. The SMILES string of the molecule is CC[C@H](C(=O)NC(C)C)N(Cc1ccccc1)C(=O)CN(c1cccc(F)c1)S(C)(=O)=O. The highest BCUT2D eigenvalue weighted by Crippen LogP contribution is 2.20. The Balaban J connectivity index is 2.41. The van der Waals surface area contributed by atoms with Crippen LogP contribution in [0.3, 0.4) is 0 Å². The fraction of sp³-hybridized carbons (Fsp3) is 0.391. The van der Waals surface area contributed by atoms with Gasteiger partial charge in [-0.05, 0) is 44.0 Å². The van der Waals surface area contributed by atoms with Crippen molar-refractivity contribution >= 4 is 27.5 Å². The zero-order valence-corrected chi connectivity index (χ0v) is 19.6. The quantitative estimate of drug-likeness (QED) is 0.587. The van der Waals surface area contributed by atoms with Crippen molar-refractivity contribution in [3.05, 3.63) is 66.0 Å². The van der Waals surface area contributed by atoms with E-state index >= 15 is 0 Å². The van der Waals surface area contributed by atoms with Gasteiger partial charge in [-0.3, -0.25) is 13.9 Å². The van der Waals surface area contributed by atoms with E-state index in [1.807, 2.05) is 44.2 Å². The van der Waals surface area contributed by atoms with Gasteiger partial charge < -0.3 is 10.2 Å². The molecule has 0 aliphatic heterocycles. The number of carbonyl (C=O) groups excluding carboxylic acids is 2. The molecule has 0 aliphatic carbocycles. The predicted molar refractivity (Wildman–Crippen MR) is 123 cm³/mol. The van der Waals surface area contributed by atoms with Crippen molar-refractivity contribution in [1.82, 2.24) is 10.2 Å². The smallest absolute Gasteiger partial charge is 0.244 e. The first-order valence-electron chi connectivity index (χ1n) is 10.4. The van der Waals surface area contributed by atoms with Crippen LogP contribution in [0.1, 0.15) is 32.8 Å². The fourth-order valence-corrected chi connectivity index (χ4v) is 4.17. The standard InChI is InChI=1S/C23H30FN3O4S/c1-5-21(23(29)25-17(2)3)26(15-18-10-7-6-8-11-18)22(28)16-27(32(4,30)31)20-13-9-12-19(24)14-20/h6-14,17,21H,5,15-16H2,1-4H3,(H,25,29)/t21-/m1/s1. The Morgan fingerprint density at radius 2 is 1.72 bits per heavy atom. The number of rotatable bonds is 10. The van der Waals surface area contributed by atoms with Crippen molar-refractivity contribution < 1.29 is 22.4 Å². The maximum Gasteiger partial charge on any atom is 0.244 e. The van der Waals surface area contributed by atoms with Gasteiger partial charge in [0, 0.05) is 12.6 Å². The summed E-state index contributed by atoms with van der Waals surface area (Å²) in [6.07, 6.45) is 1.30. The third-order valence-electron chi connectivity index (χ3n) is 4.79. The first-order chi connectivity index (χ1) is 15.0. The first kappa shape index (κ1) is 25.3. The molecule has 0 fully saturated rings. The maximum absolute atomic E-state index is 13.7. The van der Waals surface area contributed by atoms with Gasteiger partial charge in [-0.15, -0.1) is 0 Å². The number of anilines is 1. The number of halogens is 1. The van der Waals surface area contributed by atoms with E-state index in [1.54, 1.807) is 6.92 Å². The van der Waals surface area contributed by atoms with E-state index in [0.29, 0.717) is 6.42 Å². The molecular weight excluding hydrogens is 433 g/mol. The molecule has 2 rings (SSSR count). The van der Waals surface area contributed by atoms with Gasteiger partial charge in [0.1, 0.15) is 18.4 Å². The molecule has 174 valence electrons. The van der Waals surface area contributed by atoms with E-state index in [4.69, 9.17) is 0 Å². The van der Waals surface area contributed by atoms with Crippen molar-refractivity contribution in [2.45, 2.75) is 45.8 Å². The molecule has 0 unspecified atom stereocenters. The Labute approximate surface area is 189 Å². The molecule has 0 aromatic heterocycles. The third kappa shape index (κ3) is 7.05. The molecule has 0 saturated heterocycles. The van der Waals surface area contributed by atoms with Crippen LogP contribution in [0.4, 0.5) is 10.1 Å². The summed E-state index contributed by atoms with van der Waals surface area (Å²) in [5.41, 5.74) is 0.841. The molecular formula is C23H30FN3O4S. The Morgan fingerprint density at radius 1 is 1.06 bits per heavy atom. The minimum Gasteiger partial charge on any atom is -0.352 e.